The Balaban J connectivity index is 2.57. The van der Waals surface area contributed by atoms with Crippen molar-refractivity contribution in [3.8, 4) is 0 Å². The number of fused-ring (bicyclic) bond motifs is 3. The summed E-state index contributed by atoms with van der Waals surface area (Å²) in [7, 11) is 0. The summed E-state index contributed by atoms with van der Waals surface area (Å²) in [5.41, 5.74) is 1.91. The van der Waals surface area contributed by atoms with E-state index in [0.717, 1.165) is 19.2 Å². The fourth-order valence-electron chi connectivity index (χ4n) is 1.74. The Bertz CT molecular complexity index is 657. The van der Waals surface area contributed by atoms with Crippen LogP contribution in [-0.2, 0) is 0 Å². The van der Waals surface area contributed by atoms with Crippen LogP contribution in [0, 0.1) is 3.57 Å². The number of hydrogen-bond donors (Lipinski definition) is 0. The van der Waals surface area contributed by atoms with Crippen LogP contribution in [0.4, 0.5) is 0 Å². The van der Waals surface area contributed by atoms with Crippen molar-refractivity contribution in [1.82, 2.24) is 0 Å². The van der Waals surface area contributed by atoms with Gasteiger partial charge >= 0.3 is 0 Å². The van der Waals surface area contributed by atoms with Crippen LogP contribution in [0.25, 0.3) is 21.9 Å². The molecule has 0 saturated carbocycles. The molecule has 3 aromatic rings. The lowest BCUT2D eigenvalue weighted by atomic mass is 10.2. The molecule has 0 bridgehead atoms. The van der Waals surface area contributed by atoms with Crippen LogP contribution in [0.2, 0.25) is 0 Å². The molecule has 74 valence electrons. The molecule has 0 aliphatic carbocycles. The van der Waals surface area contributed by atoms with E-state index in [-0.39, 0.29) is 0 Å². The van der Waals surface area contributed by atoms with Gasteiger partial charge in [0.2, 0.25) is 0 Å². The fraction of sp³-hybridized carbons (Fsp3) is 0. The molecule has 15 heavy (non-hydrogen) atoms. The summed E-state index contributed by atoms with van der Waals surface area (Å²) in [6.07, 6.45) is 0. The first kappa shape index (κ1) is 9.66. The van der Waals surface area contributed by atoms with Crippen LogP contribution in [0.5, 0.6) is 0 Å². The molecule has 0 fully saturated rings. The first-order valence-corrected chi connectivity index (χ1v) is 6.39. The van der Waals surface area contributed by atoms with Gasteiger partial charge in [-0.15, -0.1) is 0 Å². The van der Waals surface area contributed by atoms with Crippen molar-refractivity contribution >= 4 is 60.5 Å². The molecule has 0 unspecified atom stereocenters. The maximum atomic E-state index is 5.83. The third-order valence-corrected chi connectivity index (χ3v) is 3.76. The van der Waals surface area contributed by atoms with Crippen molar-refractivity contribution in [2.45, 2.75) is 0 Å². The quantitative estimate of drug-likeness (QED) is 0.509. The lowest BCUT2D eigenvalue weighted by Crippen LogP contribution is -1.70. The van der Waals surface area contributed by atoms with Gasteiger partial charge in [-0.1, -0.05) is 28.1 Å². The maximum absolute atomic E-state index is 5.83. The van der Waals surface area contributed by atoms with Gasteiger partial charge in [0.05, 0.1) is 3.57 Å². The lowest BCUT2D eigenvalue weighted by molar-refractivity contribution is 0.666. The molecule has 1 heterocycles. The number of hydrogen-bond acceptors (Lipinski definition) is 1. The van der Waals surface area contributed by atoms with E-state index in [9.17, 15) is 0 Å². The average Bonchev–Trinajstić information content (AvgIpc) is 2.57. The van der Waals surface area contributed by atoms with Crippen molar-refractivity contribution in [1.29, 1.82) is 0 Å². The smallest absolute Gasteiger partial charge is 0.148 e. The zero-order chi connectivity index (χ0) is 10.4. The Hall–Kier alpha value is -0.550. The molecule has 0 amide bonds. The summed E-state index contributed by atoms with van der Waals surface area (Å²) >= 11 is 5.74. The lowest BCUT2D eigenvalue weighted by Gasteiger charge is -1.90. The van der Waals surface area contributed by atoms with Gasteiger partial charge in [-0.05, 0) is 46.9 Å². The topological polar surface area (TPSA) is 13.1 Å². The zero-order valence-electron chi connectivity index (χ0n) is 7.63. The Morgan fingerprint density at radius 3 is 2.80 bits per heavy atom. The van der Waals surface area contributed by atoms with Crippen LogP contribution < -0.4 is 0 Å². The van der Waals surface area contributed by atoms with Crippen LogP contribution in [0.3, 0.4) is 0 Å². The molecular formula is C12H6BrIO. The molecule has 0 aliphatic heterocycles. The largest absolute Gasteiger partial charge is 0.455 e. The zero-order valence-corrected chi connectivity index (χ0v) is 11.4. The number of para-hydroxylation sites is 1. The number of rotatable bonds is 0. The van der Waals surface area contributed by atoms with Gasteiger partial charge in [0.15, 0.2) is 0 Å². The number of benzene rings is 2. The molecule has 1 nitrogen and oxygen atoms in total. The molecule has 1 aromatic heterocycles. The normalized spacial score (nSPS) is 11.3. The molecule has 0 saturated heterocycles. The minimum absolute atomic E-state index is 0.934. The van der Waals surface area contributed by atoms with Crippen LogP contribution in [0.15, 0.2) is 45.3 Å². The highest BCUT2D eigenvalue weighted by molar-refractivity contribution is 14.1. The summed E-state index contributed by atoms with van der Waals surface area (Å²) in [6, 6.07) is 12.3. The van der Waals surface area contributed by atoms with Gasteiger partial charge in [0, 0.05) is 15.2 Å². The third kappa shape index (κ3) is 1.49. The van der Waals surface area contributed by atoms with Gasteiger partial charge in [-0.25, -0.2) is 0 Å². The predicted molar refractivity (Wildman–Crippen MR) is 74.1 cm³/mol. The Kier molecular flexibility index (Phi) is 2.25. The summed E-state index contributed by atoms with van der Waals surface area (Å²) in [4.78, 5) is 0. The first-order valence-electron chi connectivity index (χ1n) is 4.52. The second-order valence-corrected chi connectivity index (χ2v) is 5.44. The molecule has 0 N–H and O–H groups in total. The fourth-order valence-corrected chi connectivity index (χ4v) is 2.69. The molecule has 0 atom stereocenters. The molecule has 3 heteroatoms. The SMILES string of the molecule is Brc1ccc2c(c1)oc1c(I)cccc12. The van der Waals surface area contributed by atoms with Gasteiger partial charge in [0.25, 0.3) is 0 Å². The molecule has 0 spiro atoms. The average molecular weight is 373 g/mol. The van der Waals surface area contributed by atoms with Gasteiger partial charge in [-0.3, -0.25) is 0 Å². The predicted octanol–water partition coefficient (Wildman–Crippen LogP) is 4.95. The van der Waals surface area contributed by atoms with Crippen molar-refractivity contribution in [2.75, 3.05) is 0 Å². The van der Waals surface area contributed by atoms with Crippen LogP contribution >= 0.6 is 38.5 Å². The number of halogens is 2. The summed E-state index contributed by atoms with van der Waals surface area (Å²) in [6.45, 7) is 0. The van der Waals surface area contributed by atoms with E-state index in [2.05, 4.69) is 62.8 Å². The standard InChI is InChI=1S/C12H6BrIO/c13-7-4-5-8-9-2-1-3-10(14)12(9)15-11(8)6-7/h1-6H. The van der Waals surface area contributed by atoms with Crippen molar-refractivity contribution in [3.05, 3.63) is 44.4 Å². The van der Waals surface area contributed by atoms with E-state index < -0.39 is 0 Å². The maximum Gasteiger partial charge on any atom is 0.148 e. The monoisotopic (exact) mass is 372 g/mol. The van der Waals surface area contributed by atoms with Gasteiger partial charge < -0.3 is 4.42 Å². The number of furan rings is 1. The van der Waals surface area contributed by atoms with Gasteiger partial charge in [0.1, 0.15) is 11.2 Å². The van der Waals surface area contributed by atoms with Crippen LogP contribution in [0.1, 0.15) is 0 Å². The van der Waals surface area contributed by atoms with Crippen molar-refractivity contribution < 1.29 is 4.42 Å². The highest BCUT2D eigenvalue weighted by Gasteiger charge is 2.08. The van der Waals surface area contributed by atoms with Crippen LogP contribution in [-0.4, -0.2) is 0 Å². The van der Waals surface area contributed by atoms with E-state index in [1.54, 1.807) is 0 Å². The molecule has 3 rings (SSSR count). The van der Waals surface area contributed by atoms with Crippen molar-refractivity contribution in [2.24, 2.45) is 0 Å². The van der Waals surface area contributed by atoms with Gasteiger partial charge in [-0.2, -0.15) is 0 Å². The Morgan fingerprint density at radius 2 is 1.93 bits per heavy atom. The highest BCUT2D eigenvalue weighted by atomic mass is 127. The highest BCUT2D eigenvalue weighted by Crippen LogP contribution is 2.32. The third-order valence-electron chi connectivity index (χ3n) is 2.41. The second kappa shape index (κ2) is 3.49. The van der Waals surface area contributed by atoms with E-state index in [1.165, 1.54) is 10.8 Å². The summed E-state index contributed by atoms with van der Waals surface area (Å²) in [5.74, 6) is 0. The molecule has 0 radical (unpaired) electrons. The van der Waals surface area contributed by atoms with E-state index in [1.807, 2.05) is 12.1 Å². The minimum atomic E-state index is 0.934. The summed E-state index contributed by atoms with van der Waals surface area (Å²) in [5, 5.41) is 2.36. The van der Waals surface area contributed by atoms with E-state index >= 15 is 0 Å². The summed E-state index contributed by atoms with van der Waals surface area (Å²) < 4.78 is 8.02. The molecule has 0 aliphatic rings. The minimum Gasteiger partial charge on any atom is -0.455 e. The van der Waals surface area contributed by atoms with E-state index in [4.69, 9.17) is 4.42 Å². The van der Waals surface area contributed by atoms with E-state index in [0.29, 0.717) is 0 Å². The first-order chi connectivity index (χ1) is 7.25. The molecule has 2 aromatic carbocycles. The van der Waals surface area contributed by atoms with Crippen molar-refractivity contribution in [3.63, 3.8) is 0 Å². The second-order valence-electron chi connectivity index (χ2n) is 3.36. The molecular weight excluding hydrogens is 367 g/mol. The Morgan fingerprint density at radius 1 is 1.07 bits per heavy atom. The Labute approximate surface area is 109 Å².